The standard InChI is InChI=1S/C23H21N5O3S/c1-16-9-12-28-21(13-16)25-26-23(28)24-22(29)18-7-4-8-20(14-18)32(30,31)27-11-10-17-5-2-3-6-19(17)15-27/h2-9,12-14H,10-11,15H2,1H3,(H,24,26,29). The van der Waals surface area contributed by atoms with Gasteiger partial charge in [-0.2, -0.15) is 4.31 Å². The van der Waals surface area contributed by atoms with E-state index in [1.165, 1.54) is 22.0 Å². The SMILES string of the molecule is Cc1ccn2c(NC(=O)c3cccc(S(=O)(=O)N4CCc5ccccc5C4)c3)nnc2c1. The minimum Gasteiger partial charge on any atom is -0.290 e. The fraction of sp³-hybridized carbons (Fsp3) is 0.174. The van der Waals surface area contributed by atoms with E-state index >= 15 is 0 Å². The zero-order valence-corrected chi connectivity index (χ0v) is 18.2. The summed E-state index contributed by atoms with van der Waals surface area (Å²) in [6.45, 7) is 2.67. The second kappa shape index (κ2) is 7.85. The lowest BCUT2D eigenvalue weighted by molar-refractivity contribution is 0.102. The van der Waals surface area contributed by atoms with Crippen LogP contribution in [-0.4, -0.2) is 39.8 Å². The van der Waals surface area contributed by atoms with Crippen LogP contribution < -0.4 is 5.32 Å². The van der Waals surface area contributed by atoms with Gasteiger partial charge in [0.2, 0.25) is 16.0 Å². The van der Waals surface area contributed by atoms with Gasteiger partial charge in [0.05, 0.1) is 4.90 Å². The highest BCUT2D eigenvalue weighted by Crippen LogP contribution is 2.25. The fourth-order valence-corrected chi connectivity index (χ4v) is 5.34. The van der Waals surface area contributed by atoms with Crippen molar-refractivity contribution < 1.29 is 13.2 Å². The number of carbonyl (C=O) groups excluding carboxylic acids is 1. The Morgan fingerprint density at radius 2 is 1.81 bits per heavy atom. The van der Waals surface area contributed by atoms with E-state index in [2.05, 4.69) is 15.5 Å². The van der Waals surface area contributed by atoms with Gasteiger partial charge in [-0.05, 0) is 60.4 Å². The molecular weight excluding hydrogens is 426 g/mol. The highest BCUT2D eigenvalue weighted by Gasteiger charge is 2.28. The Hall–Kier alpha value is -3.56. The second-order valence-electron chi connectivity index (χ2n) is 7.80. The maximum atomic E-state index is 13.3. The van der Waals surface area contributed by atoms with Gasteiger partial charge in [-0.15, -0.1) is 10.2 Å². The number of amides is 1. The first-order valence-corrected chi connectivity index (χ1v) is 11.7. The summed E-state index contributed by atoms with van der Waals surface area (Å²) in [5, 5.41) is 10.8. The molecule has 0 saturated heterocycles. The Labute approximate surface area is 185 Å². The molecule has 1 aliphatic heterocycles. The molecule has 0 atom stereocenters. The molecule has 8 nitrogen and oxygen atoms in total. The molecule has 0 aliphatic carbocycles. The van der Waals surface area contributed by atoms with Gasteiger partial charge in [-0.1, -0.05) is 30.3 Å². The van der Waals surface area contributed by atoms with Crippen LogP contribution in [-0.2, 0) is 23.0 Å². The molecule has 0 radical (unpaired) electrons. The molecule has 3 heterocycles. The first-order valence-electron chi connectivity index (χ1n) is 10.2. The highest BCUT2D eigenvalue weighted by molar-refractivity contribution is 7.89. The fourth-order valence-electron chi connectivity index (χ4n) is 3.87. The maximum Gasteiger partial charge on any atom is 0.258 e. The number of hydrogen-bond acceptors (Lipinski definition) is 5. The van der Waals surface area contributed by atoms with E-state index in [1.807, 2.05) is 43.3 Å². The van der Waals surface area contributed by atoms with E-state index in [1.54, 1.807) is 22.7 Å². The molecule has 32 heavy (non-hydrogen) atoms. The van der Waals surface area contributed by atoms with Crippen LogP contribution in [0, 0.1) is 6.92 Å². The molecule has 2 aromatic heterocycles. The summed E-state index contributed by atoms with van der Waals surface area (Å²) in [6.07, 6.45) is 2.43. The third kappa shape index (κ3) is 3.65. The summed E-state index contributed by atoms with van der Waals surface area (Å²) < 4.78 is 29.6. The van der Waals surface area contributed by atoms with Crippen LogP contribution in [0.1, 0.15) is 27.0 Å². The molecule has 0 bridgehead atoms. The maximum absolute atomic E-state index is 13.3. The van der Waals surface area contributed by atoms with Crippen LogP contribution in [0.4, 0.5) is 5.95 Å². The van der Waals surface area contributed by atoms with Crippen LogP contribution in [0.15, 0.2) is 71.8 Å². The number of aryl methyl sites for hydroxylation is 1. The lowest BCUT2D eigenvalue weighted by Gasteiger charge is -2.28. The predicted octanol–water partition coefficient (Wildman–Crippen LogP) is 3.04. The monoisotopic (exact) mass is 447 g/mol. The number of hydrogen-bond donors (Lipinski definition) is 1. The van der Waals surface area contributed by atoms with Crippen molar-refractivity contribution in [1.29, 1.82) is 0 Å². The van der Waals surface area contributed by atoms with Gasteiger partial charge >= 0.3 is 0 Å². The van der Waals surface area contributed by atoms with E-state index in [0.717, 1.165) is 11.1 Å². The molecule has 0 fully saturated rings. The molecule has 1 aliphatic rings. The zero-order chi connectivity index (χ0) is 22.3. The van der Waals surface area contributed by atoms with Gasteiger partial charge in [-0.3, -0.25) is 14.5 Å². The van der Waals surface area contributed by atoms with Gasteiger partial charge in [0.1, 0.15) is 0 Å². The molecule has 162 valence electrons. The quantitative estimate of drug-likeness (QED) is 0.519. The lowest BCUT2D eigenvalue weighted by atomic mass is 10.0. The molecule has 2 aromatic carbocycles. The summed E-state index contributed by atoms with van der Waals surface area (Å²) in [5.74, 6) is -0.188. The van der Waals surface area contributed by atoms with Crippen LogP contribution in [0.3, 0.4) is 0 Å². The summed E-state index contributed by atoms with van der Waals surface area (Å²) in [4.78, 5) is 12.9. The van der Waals surface area contributed by atoms with Crippen molar-refractivity contribution in [2.24, 2.45) is 0 Å². The van der Waals surface area contributed by atoms with Crippen LogP contribution in [0.25, 0.3) is 5.65 Å². The predicted molar refractivity (Wildman–Crippen MR) is 120 cm³/mol. The third-order valence-electron chi connectivity index (χ3n) is 5.62. The first kappa shape index (κ1) is 20.3. The summed E-state index contributed by atoms with van der Waals surface area (Å²) in [6, 6.07) is 17.7. The second-order valence-corrected chi connectivity index (χ2v) is 9.73. The number of anilines is 1. The average Bonchev–Trinajstić information content (AvgIpc) is 3.20. The largest absolute Gasteiger partial charge is 0.290 e. The van der Waals surface area contributed by atoms with Gasteiger partial charge in [-0.25, -0.2) is 8.42 Å². The smallest absolute Gasteiger partial charge is 0.258 e. The van der Waals surface area contributed by atoms with Gasteiger partial charge in [0.15, 0.2) is 5.65 Å². The molecule has 9 heteroatoms. The van der Waals surface area contributed by atoms with Crippen molar-refractivity contribution in [2.45, 2.75) is 24.8 Å². The Morgan fingerprint density at radius 1 is 1.00 bits per heavy atom. The molecular formula is C23H21N5O3S. The van der Waals surface area contributed by atoms with E-state index in [-0.39, 0.29) is 16.4 Å². The van der Waals surface area contributed by atoms with Crippen molar-refractivity contribution >= 4 is 27.5 Å². The van der Waals surface area contributed by atoms with Crippen LogP contribution in [0.5, 0.6) is 0 Å². The van der Waals surface area contributed by atoms with Crippen molar-refractivity contribution in [2.75, 3.05) is 11.9 Å². The lowest BCUT2D eigenvalue weighted by Crippen LogP contribution is -2.36. The van der Waals surface area contributed by atoms with Gasteiger partial charge in [0, 0.05) is 24.8 Å². The van der Waals surface area contributed by atoms with Crippen molar-refractivity contribution in [1.82, 2.24) is 18.9 Å². The van der Waals surface area contributed by atoms with E-state index in [0.29, 0.717) is 25.2 Å². The average molecular weight is 448 g/mol. The van der Waals surface area contributed by atoms with Crippen LogP contribution in [0.2, 0.25) is 0 Å². The van der Waals surface area contributed by atoms with Crippen LogP contribution >= 0.6 is 0 Å². The number of nitrogens with one attached hydrogen (secondary N) is 1. The number of carbonyl (C=O) groups is 1. The molecule has 4 aromatic rings. The molecule has 1 amide bonds. The minimum absolute atomic E-state index is 0.0891. The summed E-state index contributed by atoms with van der Waals surface area (Å²) in [7, 11) is -3.74. The summed E-state index contributed by atoms with van der Waals surface area (Å²) >= 11 is 0. The Kier molecular flexibility index (Phi) is 4.99. The third-order valence-corrected chi connectivity index (χ3v) is 7.46. The Balaban J connectivity index is 1.39. The van der Waals surface area contributed by atoms with E-state index in [4.69, 9.17) is 0 Å². The van der Waals surface area contributed by atoms with Crippen molar-refractivity contribution in [3.05, 3.63) is 89.1 Å². The first-order chi connectivity index (χ1) is 15.4. The van der Waals surface area contributed by atoms with Gasteiger partial charge < -0.3 is 0 Å². The number of sulfonamides is 1. The molecule has 0 unspecified atom stereocenters. The molecule has 0 spiro atoms. The highest BCUT2D eigenvalue weighted by atomic mass is 32.2. The van der Waals surface area contributed by atoms with Crippen molar-refractivity contribution in [3.63, 3.8) is 0 Å². The van der Waals surface area contributed by atoms with E-state index < -0.39 is 15.9 Å². The topological polar surface area (TPSA) is 96.7 Å². The zero-order valence-electron chi connectivity index (χ0n) is 17.4. The number of benzene rings is 2. The Bertz CT molecular complexity index is 1450. The number of rotatable bonds is 4. The van der Waals surface area contributed by atoms with Gasteiger partial charge in [0.25, 0.3) is 5.91 Å². The van der Waals surface area contributed by atoms with E-state index in [9.17, 15) is 13.2 Å². The Morgan fingerprint density at radius 3 is 2.66 bits per heavy atom. The van der Waals surface area contributed by atoms with Crippen molar-refractivity contribution in [3.8, 4) is 0 Å². The molecule has 1 N–H and O–H groups in total. The summed E-state index contributed by atoms with van der Waals surface area (Å²) in [5.41, 5.74) is 4.04. The number of pyridine rings is 1. The normalized spacial score (nSPS) is 14.3. The minimum atomic E-state index is -3.74. The molecule has 5 rings (SSSR count). The number of fused-ring (bicyclic) bond motifs is 2. The molecule has 0 saturated carbocycles. The number of aromatic nitrogens is 3. The number of nitrogens with zero attached hydrogens (tertiary/aromatic N) is 4.